The minimum absolute atomic E-state index is 0.0185. The summed E-state index contributed by atoms with van der Waals surface area (Å²) >= 11 is 0. The van der Waals surface area contributed by atoms with Crippen molar-refractivity contribution in [2.75, 3.05) is 0 Å². The molecule has 0 aliphatic carbocycles. The van der Waals surface area contributed by atoms with Crippen LogP contribution in [0.3, 0.4) is 0 Å². The smallest absolute Gasteiger partial charge is 0.294 e. The summed E-state index contributed by atoms with van der Waals surface area (Å²) in [6.45, 7) is 2.24. The van der Waals surface area contributed by atoms with Crippen molar-refractivity contribution < 1.29 is 17.7 Å². The Balaban J connectivity index is 1.79. The van der Waals surface area contributed by atoms with E-state index in [0.29, 0.717) is 23.5 Å². The first-order valence-electron chi connectivity index (χ1n) is 11.3. The van der Waals surface area contributed by atoms with Crippen LogP contribution < -0.4 is 4.74 Å². The van der Waals surface area contributed by atoms with E-state index in [2.05, 4.69) is 6.92 Å². The van der Waals surface area contributed by atoms with E-state index >= 15 is 0 Å². The number of para-hydroxylation sites is 1. The lowest BCUT2D eigenvalue weighted by Crippen LogP contribution is -2.04. The van der Waals surface area contributed by atoms with E-state index in [1.54, 1.807) is 12.1 Å². The van der Waals surface area contributed by atoms with Crippen LogP contribution in [0.25, 0.3) is 0 Å². The van der Waals surface area contributed by atoms with E-state index in [4.69, 9.17) is 4.74 Å². The zero-order valence-corrected chi connectivity index (χ0v) is 19.0. The van der Waals surface area contributed by atoms with E-state index in [1.165, 1.54) is 57.4 Å². The van der Waals surface area contributed by atoms with E-state index < -0.39 is 10.1 Å². The van der Waals surface area contributed by atoms with Gasteiger partial charge in [0, 0.05) is 0 Å². The molecule has 0 amide bonds. The van der Waals surface area contributed by atoms with Gasteiger partial charge in [-0.25, -0.2) is 0 Å². The van der Waals surface area contributed by atoms with Gasteiger partial charge in [0.2, 0.25) is 0 Å². The molecule has 0 radical (unpaired) electrons. The highest BCUT2D eigenvalue weighted by molar-refractivity contribution is 7.85. The van der Waals surface area contributed by atoms with Gasteiger partial charge in [0.15, 0.2) is 0 Å². The summed E-state index contributed by atoms with van der Waals surface area (Å²) < 4.78 is 38.9. The molecule has 0 fully saturated rings. The molecule has 30 heavy (non-hydrogen) atoms. The summed E-state index contributed by atoms with van der Waals surface area (Å²) in [5.74, 6) is 1.27. The van der Waals surface area contributed by atoms with Crippen molar-refractivity contribution in [2.45, 2.75) is 88.9 Å². The maximum absolute atomic E-state index is 11.7. The standard InChI is InChI=1S/C25H36O4S/c1-2-3-4-5-6-7-8-9-10-11-13-16-22-21-24(19-20-25(22)30(26,27)28)29-23-17-14-12-15-18-23/h12,14-15,17-21H,2-11,13,16H2,1H3,(H,26,27,28). The molecule has 0 spiro atoms. The Kier molecular flexibility index (Phi) is 11.0. The number of hydrogen-bond acceptors (Lipinski definition) is 3. The van der Waals surface area contributed by atoms with E-state index in [9.17, 15) is 13.0 Å². The molecule has 2 aromatic rings. The lowest BCUT2D eigenvalue weighted by atomic mass is 10.0. The van der Waals surface area contributed by atoms with Crippen LogP contribution in [0.4, 0.5) is 0 Å². The number of ether oxygens (including phenoxy) is 1. The molecule has 0 aliphatic rings. The average molecular weight is 433 g/mol. The van der Waals surface area contributed by atoms with Gasteiger partial charge in [-0.15, -0.1) is 0 Å². The quantitative estimate of drug-likeness (QED) is 0.233. The van der Waals surface area contributed by atoms with Crippen molar-refractivity contribution in [3.05, 3.63) is 54.1 Å². The van der Waals surface area contributed by atoms with Crippen LogP contribution in [-0.2, 0) is 16.5 Å². The molecule has 0 saturated heterocycles. The maximum atomic E-state index is 11.7. The van der Waals surface area contributed by atoms with Crippen LogP contribution in [0, 0.1) is 0 Å². The second-order valence-electron chi connectivity index (χ2n) is 7.95. The predicted molar refractivity (Wildman–Crippen MR) is 123 cm³/mol. The Morgan fingerprint density at radius 1 is 0.733 bits per heavy atom. The minimum atomic E-state index is -4.24. The number of unbranched alkanes of at least 4 members (excludes halogenated alkanes) is 10. The number of aryl methyl sites for hydroxylation is 1. The minimum Gasteiger partial charge on any atom is -0.457 e. The van der Waals surface area contributed by atoms with Crippen LogP contribution in [0.2, 0.25) is 0 Å². The molecule has 0 aromatic heterocycles. The molecule has 0 heterocycles. The predicted octanol–water partition coefficient (Wildman–Crippen LogP) is 7.58. The van der Waals surface area contributed by atoms with Crippen molar-refractivity contribution in [2.24, 2.45) is 0 Å². The van der Waals surface area contributed by atoms with Crippen molar-refractivity contribution in [1.29, 1.82) is 0 Å². The molecule has 0 unspecified atom stereocenters. The van der Waals surface area contributed by atoms with Gasteiger partial charge in [0.25, 0.3) is 10.1 Å². The first-order valence-corrected chi connectivity index (χ1v) is 12.8. The molecule has 166 valence electrons. The van der Waals surface area contributed by atoms with Crippen molar-refractivity contribution in [1.82, 2.24) is 0 Å². The number of rotatable bonds is 15. The van der Waals surface area contributed by atoms with Gasteiger partial charge < -0.3 is 4.74 Å². The highest BCUT2D eigenvalue weighted by atomic mass is 32.2. The van der Waals surface area contributed by atoms with E-state index in [1.807, 2.05) is 30.3 Å². The van der Waals surface area contributed by atoms with Gasteiger partial charge in [0.1, 0.15) is 11.5 Å². The second kappa shape index (κ2) is 13.5. The normalized spacial score (nSPS) is 11.5. The Morgan fingerprint density at radius 2 is 1.30 bits per heavy atom. The van der Waals surface area contributed by atoms with Crippen LogP contribution in [0.15, 0.2) is 53.4 Å². The van der Waals surface area contributed by atoms with E-state index in [-0.39, 0.29) is 4.90 Å². The Bertz CT molecular complexity index is 831. The third-order valence-electron chi connectivity index (χ3n) is 5.34. The number of hydrogen-bond donors (Lipinski definition) is 1. The first-order chi connectivity index (χ1) is 14.5. The SMILES string of the molecule is CCCCCCCCCCCCCc1cc(Oc2ccccc2)ccc1S(=O)(=O)O. The summed E-state index contributed by atoms with van der Waals surface area (Å²) in [7, 11) is -4.24. The fourth-order valence-electron chi connectivity index (χ4n) is 3.67. The summed E-state index contributed by atoms with van der Waals surface area (Å²) in [4.78, 5) is -0.0185. The van der Waals surface area contributed by atoms with Gasteiger partial charge in [-0.3, -0.25) is 4.55 Å². The molecular weight excluding hydrogens is 396 g/mol. The fraction of sp³-hybridized carbons (Fsp3) is 0.520. The number of benzene rings is 2. The lowest BCUT2D eigenvalue weighted by Gasteiger charge is -2.11. The third-order valence-corrected chi connectivity index (χ3v) is 6.29. The fourth-order valence-corrected chi connectivity index (χ4v) is 4.40. The monoisotopic (exact) mass is 432 g/mol. The van der Waals surface area contributed by atoms with Crippen molar-refractivity contribution >= 4 is 10.1 Å². The molecule has 2 rings (SSSR count). The summed E-state index contributed by atoms with van der Waals surface area (Å²) in [5, 5.41) is 0. The molecule has 0 aliphatic heterocycles. The molecule has 4 nitrogen and oxygen atoms in total. The Labute approximate surface area is 182 Å². The van der Waals surface area contributed by atoms with E-state index in [0.717, 1.165) is 19.3 Å². The zero-order valence-electron chi connectivity index (χ0n) is 18.2. The van der Waals surface area contributed by atoms with Crippen LogP contribution in [0.5, 0.6) is 11.5 Å². The highest BCUT2D eigenvalue weighted by Crippen LogP contribution is 2.27. The van der Waals surface area contributed by atoms with Crippen LogP contribution in [-0.4, -0.2) is 13.0 Å². The lowest BCUT2D eigenvalue weighted by molar-refractivity contribution is 0.475. The molecule has 1 N–H and O–H groups in total. The topological polar surface area (TPSA) is 63.6 Å². The largest absolute Gasteiger partial charge is 0.457 e. The zero-order chi connectivity index (χ0) is 21.7. The first kappa shape index (κ1) is 24.4. The van der Waals surface area contributed by atoms with Crippen LogP contribution >= 0.6 is 0 Å². The van der Waals surface area contributed by atoms with Crippen LogP contribution in [0.1, 0.15) is 83.1 Å². The second-order valence-corrected chi connectivity index (χ2v) is 9.34. The maximum Gasteiger partial charge on any atom is 0.294 e. The summed E-state index contributed by atoms with van der Waals surface area (Å²) in [5.41, 5.74) is 0.613. The third kappa shape index (κ3) is 9.31. The van der Waals surface area contributed by atoms with Crippen molar-refractivity contribution in [3.8, 4) is 11.5 Å². The molecule has 0 atom stereocenters. The molecule has 0 bridgehead atoms. The molecular formula is C25H36O4S. The molecule has 5 heteroatoms. The summed E-state index contributed by atoms with van der Waals surface area (Å²) in [6.07, 6.45) is 14.3. The van der Waals surface area contributed by atoms with Gasteiger partial charge in [-0.05, 0) is 48.7 Å². The van der Waals surface area contributed by atoms with Gasteiger partial charge in [0.05, 0.1) is 4.90 Å². The highest BCUT2D eigenvalue weighted by Gasteiger charge is 2.16. The Hall–Kier alpha value is -1.85. The molecule has 2 aromatic carbocycles. The van der Waals surface area contributed by atoms with Gasteiger partial charge in [-0.1, -0.05) is 89.3 Å². The van der Waals surface area contributed by atoms with Gasteiger partial charge >= 0.3 is 0 Å². The summed E-state index contributed by atoms with van der Waals surface area (Å²) in [6, 6.07) is 14.1. The molecule has 0 saturated carbocycles. The average Bonchev–Trinajstić information content (AvgIpc) is 2.72. The van der Waals surface area contributed by atoms with Gasteiger partial charge in [-0.2, -0.15) is 8.42 Å². The Morgan fingerprint density at radius 3 is 1.87 bits per heavy atom. The van der Waals surface area contributed by atoms with Crippen molar-refractivity contribution in [3.63, 3.8) is 0 Å².